The maximum absolute atomic E-state index is 6.15. The molecule has 0 atom stereocenters. The molecule has 0 aliphatic rings. The molecule has 5 heteroatoms. The number of hydrogen-bond donors (Lipinski definition) is 1. The molecule has 2 nitrogen and oxygen atoms in total. The smallest absolute Gasteiger partial charge is 0.113 e. The molecular weight excluding hydrogens is 299 g/mol. The first kappa shape index (κ1) is 12.7. The van der Waals surface area contributed by atoms with Gasteiger partial charge in [0.05, 0.1) is 21.3 Å². The molecule has 0 saturated carbocycles. The lowest BCUT2D eigenvalue weighted by molar-refractivity contribution is 1.12. The van der Waals surface area contributed by atoms with Crippen LogP contribution in [0, 0.1) is 0 Å². The highest BCUT2D eigenvalue weighted by molar-refractivity contribution is 7.18. The summed E-state index contributed by atoms with van der Waals surface area (Å²) >= 11 is 13.8. The van der Waals surface area contributed by atoms with Crippen LogP contribution in [0.2, 0.25) is 10.0 Å². The Hall–Kier alpha value is -1.29. The predicted molar refractivity (Wildman–Crippen MR) is 83.4 cm³/mol. The number of nitrogens with one attached hydrogen (secondary N) is 1. The number of hydrogen-bond acceptors (Lipinski definition) is 3. The van der Waals surface area contributed by atoms with E-state index in [0.29, 0.717) is 16.6 Å². The van der Waals surface area contributed by atoms with Crippen LogP contribution in [0.3, 0.4) is 0 Å². The van der Waals surface area contributed by atoms with Crippen molar-refractivity contribution in [1.29, 1.82) is 0 Å². The fourth-order valence-corrected chi connectivity index (χ4v) is 3.12. The van der Waals surface area contributed by atoms with Gasteiger partial charge in [0, 0.05) is 5.69 Å². The second-order valence-corrected chi connectivity index (χ2v) is 5.94. The monoisotopic (exact) mass is 308 g/mol. The fraction of sp³-hybridized carbons (Fsp3) is 0.0714. The molecule has 19 heavy (non-hydrogen) atoms. The first-order chi connectivity index (χ1) is 9.24. The summed E-state index contributed by atoms with van der Waals surface area (Å²) in [4.78, 5) is 4.53. The molecular formula is C14H10Cl2N2S. The lowest BCUT2D eigenvalue weighted by Crippen LogP contribution is -1.97. The standard InChI is InChI=1S/C14H10Cl2N2S/c15-10-6-7-11-14(13(10)16)18-12(19-11)8-17-9-4-2-1-3-5-9/h1-7,17H,8H2. The maximum atomic E-state index is 6.15. The third-order valence-electron chi connectivity index (χ3n) is 2.71. The van der Waals surface area contributed by atoms with Gasteiger partial charge in [0.1, 0.15) is 10.5 Å². The van der Waals surface area contributed by atoms with Crippen LogP contribution in [0.1, 0.15) is 5.01 Å². The molecule has 1 N–H and O–H groups in total. The van der Waals surface area contributed by atoms with Crippen LogP contribution in [0.15, 0.2) is 42.5 Å². The number of aromatic nitrogens is 1. The zero-order valence-corrected chi connectivity index (χ0v) is 12.2. The van der Waals surface area contributed by atoms with E-state index in [1.165, 1.54) is 0 Å². The van der Waals surface area contributed by atoms with Gasteiger partial charge in [0.15, 0.2) is 0 Å². The minimum absolute atomic E-state index is 0.529. The Balaban J connectivity index is 1.84. The van der Waals surface area contributed by atoms with E-state index >= 15 is 0 Å². The summed E-state index contributed by atoms with van der Waals surface area (Å²) in [5.74, 6) is 0. The van der Waals surface area contributed by atoms with E-state index in [0.717, 1.165) is 20.9 Å². The topological polar surface area (TPSA) is 24.9 Å². The second kappa shape index (κ2) is 5.37. The average molecular weight is 309 g/mol. The Bertz CT molecular complexity index is 710. The number of fused-ring (bicyclic) bond motifs is 1. The highest BCUT2D eigenvalue weighted by Crippen LogP contribution is 2.33. The van der Waals surface area contributed by atoms with Gasteiger partial charge in [-0.25, -0.2) is 4.98 Å². The van der Waals surface area contributed by atoms with E-state index < -0.39 is 0 Å². The molecule has 3 rings (SSSR count). The Labute approximate surface area is 125 Å². The van der Waals surface area contributed by atoms with E-state index in [1.54, 1.807) is 17.4 Å². The van der Waals surface area contributed by atoms with Crippen LogP contribution in [0.25, 0.3) is 10.2 Å². The number of rotatable bonds is 3. The van der Waals surface area contributed by atoms with Gasteiger partial charge in [-0.2, -0.15) is 0 Å². The first-order valence-electron chi connectivity index (χ1n) is 5.76. The van der Waals surface area contributed by atoms with E-state index in [1.807, 2.05) is 36.4 Å². The van der Waals surface area contributed by atoms with Gasteiger partial charge >= 0.3 is 0 Å². The number of anilines is 1. The first-order valence-corrected chi connectivity index (χ1v) is 7.33. The highest BCUT2D eigenvalue weighted by Gasteiger charge is 2.09. The van der Waals surface area contributed by atoms with Crippen molar-refractivity contribution in [3.8, 4) is 0 Å². The molecule has 0 aliphatic heterocycles. The summed E-state index contributed by atoms with van der Waals surface area (Å²) in [5.41, 5.74) is 1.86. The number of benzene rings is 2. The molecule has 3 aromatic rings. The van der Waals surface area contributed by atoms with Gasteiger partial charge in [0.2, 0.25) is 0 Å². The van der Waals surface area contributed by atoms with Crippen LogP contribution in [0.4, 0.5) is 5.69 Å². The van der Waals surface area contributed by atoms with Gasteiger partial charge in [-0.3, -0.25) is 0 Å². The third-order valence-corrected chi connectivity index (χ3v) is 4.53. The Morgan fingerprint density at radius 2 is 1.84 bits per heavy atom. The minimum Gasteiger partial charge on any atom is -0.379 e. The van der Waals surface area contributed by atoms with Gasteiger partial charge in [-0.1, -0.05) is 41.4 Å². The Morgan fingerprint density at radius 3 is 2.63 bits per heavy atom. The summed E-state index contributed by atoms with van der Waals surface area (Å²) in [6.07, 6.45) is 0. The van der Waals surface area contributed by atoms with Crippen LogP contribution < -0.4 is 5.32 Å². The van der Waals surface area contributed by atoms with Gasteiger partial charge < -0.3 is 5.32 Å². The molecule has 0 bridgehead atoms. The molecule has 2 aromatic carbocycles. The van der Waals surface area contributed by atoms with Crippen molar-refractivity contribution in [3.05, 3.63) is 57.5 Å². The van der Waals surface area contributed by atoms with Crippen LogP contribution >= 0.6 is 34.5 Å². The van der Waals surface area contributed by atoms with Crippen molar-refractivity contribution in [2.24, 2.45) is 0 Å². The molecule has 0 spiro atoms. The number of para-hydroxylation sites is 1. The zero-order chi connectivity index (χ0) is 13.2. The number of thiazole rings is 1. The normalized spacial score (nSPS) is 10.8. The molecule has 96 valence electrons. The van der Waals surface area contributed by atoms with Crippen LogP contribution in [-0.2, 0) is 6.54 Å². The van der Waals surface area contributed by atoms with Gasteiger partial charge in [-0.15, -0.1) is 11.3 Å². The largest absolute Gasteiger partial charge is 0.379 e. The van der Waals surface area contributed by atoms with Gasteiger partial charge in [-0.05, 0) is 24.3 Å². The fourth-order valence-electron chi connectivity index (χ4n) is 1.79. The SMILES string of the molecule is Clc1ccc2sc(CNc3ccccc3)nc2c1Cl. The van der Waals surface area contributed by atoms with E-state index in [9.17, 15) is 0 Å². The summed E-state index contributed by atoms with van der Waals surface area (Å²) in [5, 5.41) is 5.39. The quantitative estimate of drug-likeness (QED) is 0.718. The number of nitrogens with zero attached hydrogens (tertiary/aromatic N) is 1. The molecule has 0 unspecified atom stereocenters. The van der Waals surface area contributed by atoms with E-state index in [-0.39, 0.29) is 0 Å². The predicted octanol–water partition coefficient (Wildman–Crippen LogP) is 5.22. The molecule has 0 amide bonds. The number of halogens is 2. The minimum atomic E-state index is 0.529. The lowest BCUT2D eigenvalue weighted by atomic mass is 10.3. The van der Waals surface area contributed by atoms with Crippen LogP contribution in [0.5, 0.6) is 0 Å². The molecule has 0 aliphatic carbocycles. The summed E-state index contributed by atoms with van der Waals surface area (Å²) in [6.45, 7) is 0.678. The van der Waals surface area contributed by atoms with Gasteiger partial charge in [0.25, 0.3) is 0 Å². The van der Waals surface area contributed by atoms with Crippen molar-refractivity contribution < 1.29 is 0 Å². The molecule has 0 saturated heterocycles. The average Bonchev–Trinajstić information content (AvgIpc) is 2.86. The van der Waals surface area contributed by atoms with Crippen LogP contribution in [-0.4, -0.2) is 4.98 Å². The van der Waals surface area contributed by atoms with Crippen molar-refractivity contribution in [2.45, 2.75) is 6.54 Å². The zero-order valence-electron chi connectivity index (χ0n) is 9.86. The summed E-state index contributed by atoms with van der Waals surface area (Å²) in [7, 11) is 0. The summed E-state index contributed by atoms with van der Waals surface area (Å²) < 4.78 is 1.05. The third kappa shape index (κ3) is 2.68. The van der Waals surface area contributed by atoms with Crippen molar-refractivity contribution in [2.75, 3.05) is 5.32 Å². The second-order valence-electron chi connectivity index (χ2n) is 4.04. The Kier molecular flexibility index (Phi) is 3.60. The highest BCUT2D eigenvalue weighted by atomic mass is 35.5. The van der Waals surface area contributed by atoms with Crippen molar-refractivity contribution in [1.82, 2.24) is 4.98 Å². The Morgan fingerprint density at radius 1 is 1.05 bits per heavy atom. The van der Waals surface area contributed by atoms with E-state index in [4.69, 9.17) is 23.2 Å². The van der Waals surface area contributed by atoms with Crippen molar-refractivity contribution >= 4 is 50.4 Å². The lowest BCUT2D eigenvalue weighted by Gasteiger charge is -2.02. The molecule has 0 fully saturated rings. The maximum Gasteiger partial charge on any atom is 0.113 e. The van der Waals surface area contributed by atoms with E-state index in [2.05, 4.69) is 10.3 Å². The summed E-state index contributed by atoms with van der Waals surface area (Å²) in [6, 6.07) is 13.8. The molecule has 1 aromatic heterocycles. The molecule has 1 heterocycles. The van der Waals surface area contributed by atoms with Crippen molar-refractivity contribution in [3.63, 3.8) is 0 Å². The molecule has 0 radical (unpaired) electrons.